The van der Waals surface area contributed by atoms with Crippen molar-refractivity contribution in [3.63, 3.8) is 0 Å². The SMILES string of the molecule is C=C(CC(O[Si](C(C)C)(C(C)C)C(C)C)c1ccccc1)OC(=O)N(CC)CC. The number of benzene rings is 1. The summed E-state index contributed by atoms with van der Waals surface area (Å²) in [5.41, 5.74) is 2.52. The van der Waals surface area contributed by atoms with Crippen LogP contribution in [0.4, 0.5) is 4.79 Å². The van der Waals surface area contributed by atoms with Crippen LogP contribution in [0.2, 0.25) is 16.6 Å². The maximum atomic E-state index is 12.4. The van der Waals surface area contributed by atoms with Gasteiger partial charge in [-0.25, -0.2) is 4.79 Å². The van der Waals surface area contributed by atoms with Gasteiger partial charge < -0.3 is 14.1 Å². The molecule has 1 aromatic carbocycles. The van der Waals surface area contributed by atoms with E-state index in [9.17, 15) is 4.79 Å². The quantitative estimate of drug-likeness (QED) is 0.279. The molecule has 1 unspecified atom stereocenters. The Labute approximate surface area is 179 Å². The Hall–Kier alpha value is -1.59. The van der Waals surface area contributed by atoms with Gasteiger partial charge in [0.25, 0.3) is 0 Å². The number of carbonyl (C=O) groups excluding carboxylic acids is 1. The minimum absolute atomic E-state index is 0.174. The Morgan fingerprint density at radius 1 is 0.966 bits per heavy atom. The zero-order valence-electron chi connectivity index (χ0n) is 19.7. The van der Waals surface area contributed by atoms with Crippen molar-refractivity contribution in [2.24, 2.45) is 0 Å². The molecule has 0 aliphatic heterocycles. The van der Waals surface area contributed by atoms with Gasteiger partial charge in [-0.2, -0.15) is 0 Å². The molecule has 0 aromatic heterocycles. The molecule has 1 rings (SSSR count). The molecule has 0 saturated carbocycles. The average Bonchev–Trinajstić information content (AvgIpc) is 2.65. The average molecular weight is 420 g/mol. The van der Waals surface area contributed by atoms with Crippen molar-refractivity contribution in [3.05, 3.63) is 48.2 Å². The molecular weight excluding hydrogens is 378 g/mol. The number of nitrogens with zero attached hydrogens (tertiary/aromatic N) is 1. The minimum atomic E-state index is -2.11. The molecule has 164 valence electrons. The third kappa shape index (κ3) is 6.44. The highest BCUT2D eigenvalue weighted by Crippen LogP contribution is 2.46. The van der Waals surface area contributed by atoms with E-state index >= 15 is 0 Å². The lowest BCUT2D eigenvalue weighted by molar-refractivity contribution is 0.114. The summed E-state index contributed by atoms with van der Waals surface area (Å²) in [6.07, 6.45) is -0.0447. The molecule has 0 N–H and O–H groups in total. The molecule has 1 atom stereocenters. The van der Waals surface area contributed by atoms with Crippen LogP contribution in [0.3, 0.4) is 0 Å². The lowest BCUT2D eigenvalue weighted by Gasteiger charge is -2.44. The number of amides is 1. The molecule has 0 fully saturated rings. The van der Waals surface area contributed by atoms with Gasteiger partial charge in [-0.3, -0.25) is 0 Å². The lowest BCUT2D eigenvalue weighted by Crippen LogP contribution is -2.48. The van der Waals surface area contributed by atoms with Gasteiger partial charge in [0.15, 0.2) is 0 Å². The molecule has 29 heavy (non-hydrogen) atoms. The predicted octanol–water partition coefficient (Wildman–Crippen LogP) is 7.30. The van der Waals surface area contributed by atoms with Crippen LogP contribution in [0.25, 0.3) is 0 Å². The van der Waals surface area contributed by atoms with E-state index in [4.69, 9.17) is 9.16 Å². The highest BCUT2D eigenvalue weighted by atomic mass is 28.4. The van der Waals surface area contributed by atoms with Crippen molar-refractivity contribution in [1.82, 2.24) is 4.90 Å². The largest absolute Gasteiger partial charge is 0.415 e. The zero-order valence-corrected chi connectivity index (χ0v) is 20.7. The van der Waals surface area contributed by atoms with Crippen LogP contribution in [0, 0.1) is 0 Å². The summed E-state index contributed by atoms with van der Waals surface area (Å²) in [6.45, 7) is 22.8. The van der Waals surface area contributed by atoms with Crippen molar-refractivity contribution >= 4 is 14.4 Å². The van der Waals surface area contributed by atoms with Crippen molar-refractivity contribution in [2.45, 2.75) is 84.5 Å². The fourth-order valence-corrected chi connectivity index (χ4v) is 10.00. The molecule has 0 saturated heterocycles. The highest BCUT2D eigenvalue weighted by Gasteiger charge is 2.47. The molecule has 0 bridgehead atoms. The number of carbonyl (C=O) groups is 1. The summed E-state index contributed by atoms with van der Waals surface area (Å²) in [6, 6.07) is 10.2. The Morgan fingerprint density at radius 3 is 1.86 bits per heavy atom. The van der Waals surface area contributed by atoms with Crippen LogP contribution < -0.4 is 0 Å². The van der Waals surface area contributed by atoms with E-state index in [-0.39, 0.29) is 12.2 Å². The molecule has 0 spiro atoms. The molecule has 0 radical (unpaired) electrons. The second-order valence-electron chi connectivity index (χ2n) is 8.62. The number of rotatable bonds is 11. The maximum Gasteiger partial charge on any atom is 0.414 e. The van der Waals surface area contributed by atoms with Crippen LogP contribution >= 0.6 is 0 Å². The molecule has 0 aliphatic rings. The third-order valence-corrected chi connectivity index (χ3v) is 12.0. The van der Waals surface area contributed by atoms with Crippen molar-refractivity contribution in [3.8, 4) is 0 Å². The van der Waals surface area contributed by atoms with Crippen LogP contribution in [-0.2, 0) is 9.16 Å². The normalized spacial score (nSPS) is 13.1. The number of hydrogen-bond donors (Lipinski definition) is 0. The molecular formula is C24H41NO3Si. The van der Waals surface area contributed by atoms with Gasteiger partial charge in [0.2, 0.25) is 8.32 Å². The van der Waals surface area contributed by atoms with E-state index in [1.165, 1.54) is 0 Å². The Balaban J connectivity index is 3.16. The summed E-state index contributed by atoms with van der Waals surface area (Å²) >= 11 is 0. The zero-order chi connectivity index (χ0) is 22.2. The molecule has 0 heterocycles. The summed E-state index contributed by atoms with van der Waals surface area (Å²) in [4.78, 5) is 14.0. The van der Waals surface area contributed by atoms with Crippen molar-refractivity contribution in [2.75, 3.05) is 13.1 Å². The minimum Gasteiger partial charge on any atom is -0.415 e. The highest BCUT2D eigenvalue weighted by molar-refractivity contribution is 6.77. The monoisotopic (exact) mass is 419 g/mol. The van der Waals surface area contributed by atoms with Gasteiger partial charge in [-0.1, -0.05) is 78.5 Å². The van der Waals surface area contributed by atoms with Gasteiger partial charge in [0.05, 0.1) is 6.10 Å². The molecule has 4 nitrogen and oxygen atoms in total. The number of hydrogen-bond acceptors (Lipinski definition) is 3. The molecule has 5 heteroatoms. The first-order chi connectivity index (χ1) is 13.6. The first kappa shape index (κ1) is 25.4. The van der Waals surface area contributed by atoms with E-state index in [1.54, 1.807) is 4.90 Å². The van der Waals surface area contributed by atoms with Crippen LogP contribution in [-0.4, -0.2) is 32.4 Å². The Bertz CT molecular complexity index is 617. The molecule has 0 aliphatic carbocycles. The summed E-state index contributed by atoms with van der Waals surface area (Å²) < 4.78 is 12.6. The van der Waals surface area contributed by atoms with Crippen molar-refractivity contribution in [1.29, 1.82) is 0 Å². The number of ether oxygens (including phenoxy) is 1. The van der Waals surface area contributed by atoms with Crippen LogP contribution in [0.5, 0.6) is 0 Å². The Morgan fingerprint density at radius 2 is 1.45 bits per heavy atom. The van der Waals surface area contributed by atoms with Gasteiger partial charge in [-0.15, -0.1) is 0 Å². The smallest absolute Gasteiger partial charge is 0.414 e. The fourth-order valence-electron chi connectivity index (χ4n) is 4.47. The van der Waals surface area contributed by atoms with E-state index in [0.717, 1.165) is 5.56 Å². The van der Waals surface area contributed by atoms with Gasteiger partial charge in [0.1, 0.15) is 5.76 Å². The van der Waals surface area contributed by atoms with E-state index in [0.29, 0.717) is 41.9 Å². The summed E-state index contributed by atoms with van der Waals surface area (Å²) in [7, 11) is -2.11. The van der Waals surface area contributed by atoms with Gasteiger partial charge in [0, 0.05) is 19.5 Å². The first-order valence-electron chi connectivity index (χ1n) is 11.0. The van der Waals surface area contributed by atoms with E-state index in [1.807, 2.05) is 32.0 Å². The first-order valence-corrected chi connectivity index (χ1v) is 13.1. The lowest BCUT2D eigenvalue weighted by atomic mass is 10.1. The fraction of sp³-hybridized carbons (Fsp3) is 0.625. The second kappa shape index (κ2) is 11.6. The van der Waals surface area contributed by atoms with Gasteiger partial charge in [-0.05, 0) is 36.0 Å². The summed E-state index contributed by atoms with van der Waals surface area (Å²) in [5, 5.41) is 0. The molecule has 1 amide bonds. The van der Waals surface area contributed by atoms with Crippen LogP contribution in [0.15, 0.2) is 42.7 Å². The van der Waals surface area contributed by atoms with E-state index < -0.39 is 8.32 Å². The van der Waals surface area contributed by atoms with Crippen molar-refractivity contribution < 1.29 is 14.0 Å². The standard InChI is InChI=1S/C24H41NO3Si/c1-10-25(11-2)24(26)27-21(9)17-23(22-15-13-12-14-16-22)28-29(18(3)4,19(5)6)20(7)8/h12-16,18-20,23H,9-11,17H2,1-8H3. The second-order valence-corrected chi connectivity index (χ2v) is 14.0. The topological polar surface area (TPSA) is 38.8 Å². The Kier molecular flexibility index (Phi) is 10.1. The van der Waals surface area contributed by atoms with Crippen LogP contribution in [0.1, 0.15) is 73.5 Å². The third-order valence-electron chi connectivity index (χ3n) is 5.89. The molecule has 1 aromatic rings. The van der Waals surface area contributed by atoms with E-state index in [2.05, 4.69) is 60.3 Å². The van der Waals surface area contributed by atoms with Gasteiger partial charge >= 0.3 is 6.09 Å². The predicted molar refractivity (Wildman–Crippen MR) is 124 cm³/mol. The maximum absolute atomic E-state index is 12.4. The summed E-state index contributed by atoms with van der Waals surface area (Å²) in [5.74, 6) is 0.454.